The Labute approximate surface area is 198 Å². The number of rotatable bonds is 4. The van der Waals surface area contributed by atoms with Crippen LogP contribution < -0.4 is 5.32 Å². The fraction of sp³-hybridized carbons (Fsp3) is 0.333. The number of benzene rings is 2. The van der Waals surface area contributed by atoms with Crippen molar-refractivity contribution in [2.45, 2.75) is 38.1 Å². The first-order valence-corrected chi connectivity index (χ1v) is 11.9. The van der Waals surface area contributed by atoms with E-state index < -0.39 is 0 Å². The number of aromatic amines is 1. The molecule has 34 heavy (non-hydrogen) atoms. The van der Waals surface area contributed by atoms with Crippen molar-refractivity contribution >= 4 is 11.0 Å². The molecule has 2 aliphatic rings. The van der Waals surface area contributed by atoms with Gasteiger partial charge in [0, 0.05) is 41.8 Å². The highest BCUT2D eigenvalue weighted by Gasteiger charge is 2.44. The van der Waals surface area contributed by atoms with E-state index in [-0.39, 0.29) is 17.9 Å². The molecule has 0 aliphatic carbocycles. The van der Waals surface area contributed by atoms with Gasteiger partial charge in [-0.15, -0.1) is 0 Å². The summed E-state index contributed by atoms with van der Waals surface area (Å²) in [5.74, 6) is 0.239. The van der Waals surface area contributed by atoms with Gasteiger partial charge in [0.15, 0.2) is 5.65 Å². The van der Waals surface area contributed by atoms with Crippen LogP contribution in [0.4, 0.5) is 0 Å². The molecule has 0 spiro atoms. The van der Waals surface area contributed by atoms with E-state index in [1.54, 1.807) is 12.1 Å². The van der Waals surface area contributed by atoms with Crippen molar-refractivity contribution in [3.63, 3.8) is 0 Å². The van der Waals surface area contributed by atoms with Gasteiger partial charge in [-0.25, -0.2) is 4.98 Å². The summed E-state index contributed by atoms with van der Waals surface area (Å²) in [5.41, 5.74) is 5.91. The third kappa shape index (κ3) is 3.66. The lowest BCUT2D eigenvalue weighted by atomic mass is 9.89. The second-order valence-corrected chi connectivity index (χ2v) is 9.44. The van der Waals surface area contributed by atoms with Crippen LogP contribution in [0.5, 0.6) is 5.75 Å². The Morgan fingerprint density at radius 1 is 1.09 bits per heavy atom. The summed E-state index contributed by atoms with van der Waals surface area (Å²) in [6.45, 7) is 6.87. The number of hydrogen-bond donors (Lipinski definition) is 3. The van der Waals surface area contributed by atoms with Gasteiger partial charge >= 0.3 is 0 Å². The van der Waals surface area contributed by atoms with E-state index in [1.165, 1.54) is 5.56 Å². The van der Waals surface area contributed by atoms with Crippen molar-refractivity contribution in [3.05, 3.63) is 77.5 Å². The monoisotopic (exact) mass is 455 g/mol. The maximum absolute atomic E-state index is 9.72. The number of aromatic nitrogens is 3. The Hall–Kier alpha value is -3.26. The van der Waals surface area contributed by atoms with Crippen molar-refractivity contribution in [2.75, 3.05) is 19.7 Å². The maximum atomic E-state index is 9.72. The molecule has 6 rings (SSSR count). The summed E-state index contributed by atoms with van der Waals surface area (Å²) >= 11 is 0. The number of aryl methyl sites for hydroxylation is 1. The summed E-state index contributed by atoms with van der Waals surface area (Å²) in [7, 11) is 0. The number of phenolic OH excluding ortho intramolecular Hbond substituents is 1. The van der Waals surface area contributed by atoms with Gasteiger partial charge in [0.05, 0.1) is 18.3 Å². The molecule has 4 aromatic rings. The minimum atomic E-state index is -0.0609. The molecule has 2 aliphatic heterocycles. The van der Waals surface area contributed by atoms with Crippen LogP contribution in [-0.2, 0) is 4.74 Å². The van der Waals surface area contributed by atoms with E-state index in [9.17, 15) is 5.11 Å². The lowest BCUT2D eigenvalue weighted by molar-refractivity contribution is -0.154. The Kier molecular flexibility index (Phi) is 5.32. The second kappa shape index (κ2) is 8.51. The van der Waals surface area contributed by atoms with E-state index in [4.69, 9.17) is 9.72 Å². The van der Waals surface area contributed by atoms with Gasteiger partial charge in [-0.05, 0) is 55.3 Å². The van der Waals surface area contributed by atoms with Gasteiger partial charge in [-0.1, -0.05) is 30.3 Å². The molecule has 0 radical (unpaired) electrons. The lowest BCUT2D eigenvalue weighted by Crippen LogP contribution is -2.60. The van der Waals surface area contributed by atoms with Gasteiger partial charge in [0.1, 0.15) is 11.9 Å². The summed E-state index contributed by atoms with van der Waals surface area (Å²) in [6.07, 6.45) is -0.0609. The molecule has 2 fully saturated rings. The number of ether oxygens (including phenoxy) is 1. The molecule has 3 N–H and O–H groups in total. The fourth-order valence-electron chi connectivity index (χ4n) is 5.35. The smallest absolute Gasteiger partial charge is 0.182 e. The van der Waals surface area contributed by atoms with E-state index in [0.29, 0.717) is 24.3 Å². The number of aromatic hydroxyl groups is 1. The standard InChI is InChI=1S/C27H29N5O2/c1-16-14-32(23(13-28-16)19-6-4-3-5-7-19)24-15-34-26(24)21-12-22(18-8-10-20(33)11-9-18)29-27-25(21)17(2)30-31-27/h3-12,16,23-24,26,28,33H,13-15H2,1-2H3,(H,29,30,31). The number of fused-ring (bicyclic) bond motifs is 1. The Bertz CT molecular complexity index is 1300. The first kappa shape index (κ1) is 21.3. The van der Waals surface area contributed by atoms with Crippen molar-refractivity contribution in [3.8, 4) is 17.0 Å². The maximum Gasteiger partial charge on any atom is 0.182 e. The molecule has 2 aromatic heterocycles. The second-order valence-electron chi connectivity index (χ2n) is 9.44. The largest absolute Gasteiger partial charge is 0.508 e. The predicted molar refractivity (Wildman–Crippen MR) is 132 cm³/mol. The van der Waals surface area contributed by atoms with Gasteiger partial charge < -0.3 is 15.2 Å². The average molecular weight is 456 g/mol. The zero-order valence-electron chi connectivity index (χ0n) is 19.4. The van der Waals surface area contributed by atoms with Crippen LogP contribution in [0.15, 0.2) is 60.7 Å². The zero-order valence-corrected chi connectivity index (χ0v) is 19.4. The molecule has 7 nitrogen and oxygen atoms in total. The number of nitrogens with one attached hydrogen (secondary N) is 2. The first-order valence-electron chi connectivity index (χ1n) is 11.9. The van der Waals surface area contributed by atoms with Crippen LogP contribution in [0.25, 0.3) is 22.3 Å². The molecule has 7 heteroatoms. The number of phenols is 1. The van der Waals surface area contributed by atoms with Gasteiger partial charge in [-0.3, -0.25) is 10.00 Å². The topological polar surface area (TPSA) is 86.3 Å². The minimum Gasteiger partial charge on any atom is -0.508 e. The SMILES string of the molecule is Cc1[nH]nc2nc(-c3ccc(O)cc3)cc(C3OCC3N3CC(C)NCC3c3ccccc3)c12. The number of pyridine rings is 1. The Morgan fingerprint density at radius 2 is 1.88 bits per heavy atom. The number of nitrogens with zero attached hydrogens (tertiary/aromatic N) is 3. The molecule has 0 saturated carbocycles. The number of piperazine rings is 1. The molecule has 2 saturated heterocycles. The fourth-order valence-corrected chi connectivity index (χ4v) is 5.35. The summed E-state index contributed by atoms with van der Waals surface area (Å²) in [5, 5.41) is 22.0. The summed E-state index contributed by atoms with van der Waals surface area (Å²) < 4.78 is 6.27. The van der Waals surface area contributed by atoms with Crippen LogP contribution in [0.3, 0.4) is 0 Å². The predicted octanol–water partition coefficient (Wildman–Crippen LogP) is 4.11. The third-order valence-electron chi connectivity index (χ3n) is 7.16. The van der Waals surface area contributed by atoms with Gasteiger partial charge in [0.2, 0.25) is 0 Å². The molecule has 174 valence electrons. The first-order chi connectivity index (χ1) is 16.6. The van der Waals surface area contributed by atoms with Crippen molar-refractivity contribution in [1.82, 2.24) is 25.4 Å². The molecular weight excluding hydrogens is 426 g/mol. The van der Waals surface area contributed by atoms with Crippen molar-refractivity contribution in [1.29, 1.82) is 0 Å². The third-order valence-corrected chi connectivity index (χ3v) is 7.16. The molecule has 4 unspecified atom stereocenters. The van der Waals surface area contributed by atoms with Crippen LogP contribution in [-0.4, -0.2) is 57.0 Å². The highest BCUT2D eigenvalue weighted by atomic mass is 16.5. The summed E-state index contributed by atoms with van der Waals surface area (Å²) in [4.78, 5) is 7.42. The lowest BCUT2D eigenvalue weighted by Gasteiger charge is -2.51. The Balaban J connectivity index is 1.40. The quantitative estimate of drug-likeness (QED) is 0.429. The van der Waals surface area contributed by atoms with Crippen LogP contribution in [0.2, 0.25) is 0 Å². The van der Waals surface area contributed by atoms with Crippen molar-refractivity contribution < 1.29 is 9.84 Å². The van der Waals surface area contributed by atoms with Crippen LogP contribution in [0, 0.1) is 6.92 Å². The molecular formula is C27H29N5O2. The average Bonchev–Trinajstić information content (AvgIpc) is 3.20. The van der Waals surface area contributed by atoms with Crippen molar-refractivity contribution in [2.24, 2.45) is 0 Å². The van der Waals surface area contributed by atoms with Crippen LogP contribution in [0.1, 0.15) is 35.9 Å². The zero-order chi connectivity index (χ0) is 23.2. The molecule has 4 heterocycles. The van der Waals surface area contributed by atoms with E-state index in [2.05, 4.69) is 63.7 Å². The summed E-state index contributed by atoms with van der Waals surface area (Å²) in [6, 6.07) is 21.0. The molecule has 0 bridgehead atoms. The van der Waals surface area contributed by atoms with Gasteiger partial charge in [0.25, 0.3) is 0 Å². The normalized spacial score (nSPS) is 25.4. The highest BCUT2D eigenvalue weighted by Crippen LogP contribution is 2.42. The van der Waals surface area contributed by atoms with Crippen LogP contribution >= 0.6 is 0 Å². The molecule has 2 aromatic carbocycles. The molecule has 4 atom stereocenters. The van der Waals surface area contributed by atoms with E-state index in [0.717, 1.165) is 41.0 Å². The van der Waals surface area contributed by atoms with E-state index >= 15 is 0 Å². The highest BCUT2D eigenvalue weighted by molar-refractivity contribution is 5.85. The Morgan fingerprint density at radius 3 is 2.62 bits per heavy atom. The number of hydrogen-bond acceptors (Lipinski definition) is 6. The van der Waals surface area contributed by atoms with E-state index in [1.807, 2.05) is 19.1 Å². The van der Waals surface area contributed by atoms with Gasteiger partial charge in [-0.2, -0.15) is 5.10 Å². The number of H-pyrrole nitrogens is 1. The molecule has 0 amide bonds. The minimum absolute atomic E-state index is 0.0609.